The van der Waals surface area contributed by atoms with Crippen LogP contribution in [0.15, 0.2) is 11.2 Å². The molecular weight excluding hydrogens is 252 g/mol. The van der Waals surface area contributed by atoms with Crippen LogP contribution in [0.1, 0.15) is 12.2 Å². The summed E-state index contributed by atoms with van der Waals surface area (Å²) in [5.41, 5.74) is 0. The van der Waals surface area contributed by atoms with Crippen molar-refractivity contribution in [3.05, 3.63) is 12.0 Å². The zero-order chi connectivity index (χ0) is 11.8. The van der Waals surface area contributed by atoms with Crippen molar-refractivity contribution < 1.29 is 13.2 Å². The number of hydrogen-bond donors (Lipinski definition) is 0. The lowest BCUT2D eigenvalue weighted by Gasteiger charge is -2.09. The molecule has 1 atom stereocenters. The Morgan fingerprint density at radius 1 is 1.69 bits per heavy atom. The fourth-order valence-corrected chi connectivity index (χ4v) is 2.50. The van der Waals surface area contributed by atoms with Crippen LogP contribution in [-0.2, 0) is 20.3 Å². The summed E-state index contributed by atoms with van der Waals surface area (Å²) in [6.07, 6.45) is 2.48. The van der Waals surface area contributed by atoms with E-state index < -0.39 is 9.05 Å². The lowest BCUT2D eigenvalue weighted by atomic mass is 10.1. The fourth-order valence-electron chi connectivity index (χ4n) is 1.79. The van der Waals surface area contributed by atoms with Gasteiger partial charge in [0, 0.05) is 35.9 Å². The van der Waals surface area contributed by atoms with Crippen molar-refractivity contribution >= 4 is 19.7 Å². The van der Waals surface area contributed by atoms with E-state index in [2.05, 4.69) is 4.98 Å². The summed E-state index contributed by atoms with van der Waals surface area (Å²) in [7, 11) is 1.50. The lowest BCUT2D eigenvalue weighted by Crippen LogP contribution is -2.11. The molecule has 1 aromatic rings. The second-order valence-electron chi connectivity index (χ2n) is 3.95. The standard InChI is InChI=1S/C9H13ClN2O3S/c1-7-11-9(16(10,13)14)5-12(7)4-8-2-3-15-6-8/h5,8H,2-4,6H2,1H3. The van der Waals surface area contributed by atoms with E-state index in [4.69, 9.17) is 15.4 Å². The molecule has 0 aliphatic carbocycles. The maximum absolute atomic E-state index is 11.1. The zero-order valence-electron chi connectivity index (χ0n) is 8.89. The van der Waals surface area contributed by atoms with Gasteiger partial charge in [0.15, 0.2) is 5.03 Å². The molecule has 1 aromatic heterocycles. The third-order valence-corrected chi connectivity index (χ3v) is 3.85. The van der Waals surface area contributed by atoms with Crippen molar-refractivity contribution in [2.24, 2.45) is 5.92 Å². The van der Waals surface area contributed by atoms with E-state index in [0.717, 1.165) is 26.2 Å². The molecule has 7 heteroatoms. The first-order chi connectivity index (χ1) is 7.47. The molecule has 0 saturated carbocycles. The highest BCUT2D eigenvalue weighted by atomic mass is 35.7. The first-order valence-corrected chi connectivity index (χ1v) is 7.34. The summed E-state index contributed by atoms with van der Waals surface area (Å²) in [5.74, 6) is 1.09. The number of halogens is 1. The Kier molecular flexibility index (Phi) is 3.23. The molecular formula is C9H13ClN2O3S. The van der Waals surface area contributed by atoms with Gasteiger partial charge in [-0.1, -0.05) is 0 Å². The fraction of sp³-hybridized carbons (Fsp3) is 0.667. The highest BCUT2D eigenvalue weighted by molar-refractivity contribution is 8.13. The molecule has 2 heterocycles. The van der Waals surface area contributed by atoms with Gasteiger partial charge in [-0.05, 0) is 13.3 Å². The van der Waals surface area contributed by atoms with E-state index in [-0.39, 0.29) is 5.03 Å². The highest BCUT2D eigenvalue weighted by Gasteiger charge is 2.20. The number of rotatable bonds is 3. The topological polar surface area (TPSA) is 61.2 Å². The van der Waals surface area contributed by atoms with Crippen molar-refractivity contribution in [3.8, 4) is 0 Å². The molecule has 1 fully saturated rings. The van der Waals surface area contributed by atoms with Crippen LogP contribution in [-0.4, -0.2) is 31.2 Å². The van der Waals surface area contributed by atoms with Gasteiger partial charge >= 0.3 is 0 Å². The van der Waals surface area contributed by atoms with Crippen LogP contribution in [0, 0.1) is 12.8 Å². The SMILES string of the molecule is Cc1nc(S(=O)(=O)Cl)cn1CC1CCOC1. The van der Waals surface area contributed by atoms with Crippen LogP contribution >= 0.6 is 10.7 Å². The van der Waals surface area contributed by atoms with Crippen LogP contribution < -0.4 is 0 Å². The molecule has 1 saturated heterocycles. The summed E-state index contributed by atoms with van der Waals surface area (Å²) in [6, 6.07) is 0. The number of imidazole rings is 1. The van der Waals surface area contributed by atoms with Crippen molar-refractivity contribution in [1.29, 1.82) is 0 Å². The first kappa shape index (κ1) is 11.9. The number of aromatic nitrogens is 2. The van der Waals surface area contributed by atoms with Gasteiger partial charge in [-0.2, -0.15) is 0 Å². The minimum absolute atomic E-state index is 0.0782. The lowest BCUT2D eigenvalue weighted by molar-refractivity contribution is 0.182. The summed E-state index contributed by atoms with van der Waals surface area (Å²) in [4.78, 5) is 3.93. The molecule has 1 aliphatic heterocycles. The molecule has 0 spiro atoms. The van der Waals surface area contributed by atoms with Crippen molar-refractivity contribution in [3.63, 3.8) is 0 Å². The maximum atomic E-state index is 11.1. The van der Waals surface area contributed by atoms with Gasteiger partial charge in [0.1, 0.15) is 5.82 Å². The van der Waals surface area contributed by atoms with Gasteiger partial charge in [-0.3, -0.25) is 0 Å². The average molecular weight is 265 g/mol. The van der Waals surface area contributed by atoms with Crippen LogP contribution in [0.3, 0.4) is 0 Å². The quantitative estimate of drug-likeness (QED) is 0.769. The molecule has 0 bridgehead atoms. The number of hydrogen-bond acceptors (Lipinski definition) is 4. The molecule has 5 nitrogen and oxygen atoms in total. The highest BCUT2D eigenvalue weighted by Crippen LogP contribution is 2.19. The third-order valence-electron chi connectivity index (χ3n) is 2.68. The molecule has 16 heavy (non-hydrogen) atoms. The van der Waals surface area contributed by atoms with E-state index in [1.165, 1.54) is 6.20 Å². The Morgan fingerprint density at radius 2 is 2.44 bits per heavy atom. The van der Waals surface area contributed by atoms with Gasteiger partial charge in [-0.15, -0.1) is 0 Å². The zero-order valence-corrected chi connectivity index (χ0v) is 10.5. The Labute approximate surface area is 98.8 Å². The molecule has 1 aliphatic rings. The predicted octanol–water partition coefficient (Wildman–Crippen LogP) is 1.16. The van der Waals surface area contributed by atoms with Gasteiger partial charge in [-0.25, -0.2) is 13.4 Å². The van der Waals surface area contributed by atoms with Crippen molar-refractivity contribution in [2.45, 2.75) is 24.9 Å². The molecule has 0 aromatic carbocycles. The number of ether oxygens (including phenoxy) is 1. The molecule has 2 rings (SSSR count). The van der Waals surface area contributed by atoms with Gasteiger partial charge in [0.05, 0.1) is 6.61 Å². The van der Waals surface area contributed by atoms with E-state index in [1.807, 2.05) is 4.57 Å². The maximum Gasteiger partial charge on any atom is 0.280 e. The molecule has 0 amide bonds. The second kappa shape index (κ2) is 4.35. The van der Waals surface area contributed by atoms with Crippen molar-refractivity contribution in [2.75, 3.05) is 13.2 Å². The minimum Gasteiger partial charge on any atom is -0.381 e. The third kappa shape index (κ3) is 2.56. The Morgan fingerprint density at radius 3 is 2.94 bits per heavy atom. The van der Waals surface area contributed by atoms with Gasteiger partial charge < -0.3 is 9.30 Å². The Balaban J connectivity index is 2.18. The van der Waals surface area contributed by atoms with Crippen LogP contribution in [0.2, 0.25) is 0 Å². The van der Waals surface area contributed by atoms with Crippen LogP contribution in [0.4, 0.5) is 0 Å². The van der Waals surface area contributed by atoms with Crippen LogP contribution in [0.5, 0.6) is 0 Å². The van der Waals surface area contributed by atoms with Gasteiger partial charge in [0.25, 0.3) is 9.05 Å². The smallest absolute Gasteiger partial charge is 0.280 e. The molecule has 0 N–H and O–H groups in total. The average Bonchev–Trinajstić information content (AvgIpc) is 2.76. The van der Waals surface area contributed by atoms with Gasteiger partial charge in [0.2, 0.25) is 0 Å². The summed E-state index contributed by atoms with van der Waals surface area (Å²) in [6.45, 7) is 3.99. The minimum atomic E-state index is -3.73. The van der Waals surface area contributed by atoms with E-state index >= 15 is 0 Å². The molecule has 0 radical (unpaired) electrons. The monoisotopic (exact) mass is 264 g/mol. The first-order valence-electron chi connectivity index (χ1n) is 5.03. The summed E-state index contributed by atoms with van der Waals surface area (Å²) in [5, 5.41) is -0.0782. The predicted molar refractivity (Wildman–Crippen MR) is 58.9 cm³/mol. The molecule has 90 valence electrons. The Bertz CT molecular complexity index is 477. The number of aryl methyl sites for hydroxylation is 1. The Hall–Kier alpha value is -0.590. The summed E-state index contributed by atoms with van der Waals surface area (Å²) < 4.78 is 29.3. The summed E-state index contributed by atoms with van der Waals surface area (Å²) >= 11 is 0. The largest absolute Gasteiger partial charge is 0.381 e. The van der Waals surface area contributed by atoms with Crippen LogP contribution in [0.25, 0.3) is 0 Å². The van der Waals surface area contributed by atoms with E-state index in [1.54, 1.807) is 6.92 Å². The van der Waals surface area contributed by atoms with E-state index in [9.17, 15) is 8.42 Å². The van der Waals surface area contributed by atoms with Crippen molar-refractivity contribution in [1.82, 2.24) is 9.55 Å². The second-order valence-corrected chi connectivity index (χ2v) is 6.46. The normalized spacial score (nSPS) is 21.5. The number of nitrogens with zero attached hydrogens (tertiary/aromatic N) is 2. The molecule has 1 unspecified atom stereocenters. The van der Waals surface area contributed by atoms with E-state index in [0.29, 0.717) is 11.7 Å².